The van der Waals surface area contributed by atoms with Gasteiger partial charge in [-0.05, 0) is 11.6 Å². The highest BCUT2D eigenvalue weighted by Gasteiger charge is 2.19. The second-order valence-corrected chi connectivity index (χ2v) is 3.58. The highest BCUT2D eigenvalue weighted by Crippen LogP contribution is 2.16. The monoisotopic (exact) mass is 210 g/mol. The van der Waals surface area contributed by atoms with Gasteiger partial charge < -0.3 is 4.90 Å². The molecule has 1 amide bonds. The third-order valence-corrected chi connectivity index (χ3v) is 2.66. The van der Waals surface area contributed by atoms with E-state index in [1.165, 1.54) is 0 Å². The van der Waals surface area contributed by atoms with E-state index in [9.17, 15) is 4.79 Å². The summed E-state index contributed by atoms with van der Waals surface area (Å²) in [5.74, 6) is 0.0662. The third-order valence-electron chi connectivity index (χ3n) is 2.43. The van der Waals surface area contributed by atoms with E-state index in [0.29, 0.717) is 6.54 Å². The van der Waals surface area contributed by atoms with Crippen LogP contribution in [-0.2, 0) is 17.8 Å². The first kappa shape index (κ1) is 9.46. The van der Waals surface area contributed by atoms with Crippen molar-refractivity contribution in [3.63, 3.8) is 0 Å². The molecule has 1 aromatic heterocycles. The van der Waals surface area contributed by atoms with Crippen LogP contribution in [0.4, 0.5) is 0 Å². The Labute approximate surface area is 87.7 Å². The van der Waals surface area contributed by atoms with Crippen molar-refractivity contribution in [2.75, 3.05) is 12.4 Å². The van der Waals surface area contributed by atoms with Crippen LogP contribution in [0.5, 0.6) is 0 Å². The van der Waals surface area contributed by atoms with Crippen molar-refractivity contribution < 1.29 is 4.79 Å². The first-order chi connectivity index (χ1) is 6.81. The first-order valence-corrected chi connectivity index (χ1v) is 5.11. The minimum atomic E-state index is 0.00108. The number of aromatic nitrogens is 1. The Kier molecular flexibility index (Phi) is 2.68. The zero-order valence-corrected chi connectivity index (χ0v) is 8.50. The van der Waals surface area contributed by atoms with Gasteiger partial charge in [-0.2, -0.15) is 0 Å². The second kappa shape index (κ2) is 3.96. The molecule has 0 radical (unpaired) electrons. The standard InChI is InChI=1S/C10H11ClN2O/c11-6-10(14)13-5-3-9-8(7-13)2-1-4-12-9/h1-2,4H,3,5-7H2. The van der Waals surface area contributed by atoms with Gasteiger partial charge in [0.05, 0.1) is 0 Å². The van der Waals surface area contributed by atoms with Crippen LogP contribution in [0.15, 0.2) is 18.3 Å². The van der Waals surface area contributed by atoms with E-state index < -0.39 is 0 Å². The molecule has 3 nitrogen and oxygen atoms in total. The number of rotatable bonds is 1. The molecule has 0 unspecified atom stereocenters. The average molecular weight is 211 g/mol. The number of pyridine rings is 1. The molecule has 0 spiro atoms. The molecule has 2 rings (SSSR count). The molecule has 4 heteroatoms. The van der Waals surface area contributed by atoms with Gasteiger partial charge in [0, 0.05) is 31.4 Å². The molecule has 74 valence electrons. The highest BCUT2D eigenvalue weighted by molar-refractivity contribution is 6.27. The number of alkyl halides is 1. The largest absolute Gasteiger partial charge is 0.337 e. The zero-order valence-electron chi connectivity index (χ0n) is 7.74. The van der Waals surface area contributed by atoms with Crippen LogP contribution in [0.3, 0.4) is 0 Å². The van der Waals surface area contributed by atoms with Crippen LogP contribution < -0.4 is 0 Å². The summed E-state index contributed by atoms with van der Waals surface area (Å²) >= 11 is 5.51. The molecular formula is C10H11ClN2O. The van der Waals surface area contributed by atoms with E-state index >= 15 is 0 Å². The molecule has 0 fully saturated rings. The van der Waals surface area contributed by atoms with Crippen molar-refractivity contribution in [2.24, 2.45) is 0 Å². The van der Waals surface area contributed by atoms with E-state index in [1.54, 1.807) is 11.1 Å². The molecule has 0 aromatic carbocycles. The van der Waals surface area contributed by atoms with E-state index in [1.807, 2.05) is 12.1 Å². The van der Waals surface area contributed by atoms with Crippen molar-refractivity contribution >= 4 is 17.5 Å². The summed E-state index contributed by atoms with van der Waals surface area (Å²) < 4.78 is 0. The van der Waals surface area contributed by atoms with Crippen LogP contribution in [0.1, 0.15) is 11.3 Å². The highest BCUT2D eigenvalue weighted by atomic mass is 35.5. The topological polar surface area (TPSA) is 33.2 Å². The van der Waals surface area contributed by atoms with E-state index in [4.69, 9.17) is 11.6 Å². The van der Waals surface area contributed by atoms with Gasteiger partial charge in [-0.1, -0.05) is 6.07 Å². The van der Waals surface area contributed by atoms with Crippen molar-refractivity contribution in [1.29, 1.82) is 0 Å². The van der Waals surface area contributed by atoms with Crippen LogP contribution in [0, 0.1) is 0 Å². The zero-order chi connectivity index (χ0) is 9.97. The summed E-state index contributed by atoms with van der Waals surface area (Å²) in [5, 5.41) is 0. The van der Waals surface area contributed by atoms with Gasteiger partial charge in [0.1, 0.15) is 5.88 Å². The molecule has 0 saturated heterocycles. The number of carbonyl (C=O) groups excluding carboxylic acids is 1. The maximum absolute atomic E-state index is 11.4. The lowest BCUT2D eigenvalue weighted by atomic mass is 10.1. The van der Waals surface area contributed by atoms with Gasteiger partial charge in [0.25, 0.3) is 0 Å². The van der Waals surface area contributed by atoms with E-state index in [2.05, 4.69) is 4.98 Å². The summed E-state index contributed by atoms with van der Waals surface area (Å²) in [5.41, 5.74) is 2.24. The molecule has 1 aliphatic heterocycles. The van der Waals surface area contributed by atoms with Gasteiger partial charge in [0.15, 0.2) is 0 Å². The van der Waals surface area contributed by atoms with Crippen LogP contribution >= 0.6 is 11.6 Å². The lowest BCUT2D eigenvalue weighted by Gasteiger charge is -2.27. The molecule has 0 N–H and O–H groups in total. The summed E-state index contributed by atoms with van der Waals surface area (Å²) in [6, 6.07) is 3.91. The molecule has 14 heavy (non-hydrogen) atoms. The first-order valence-electron chi connectivity index (χ1n) is 4.58. The maximum atomic E-state index is 11.4. The number of nitrogens with zero attached hydrogens (tertiary/aromatic N) is 2. The maximum Gasteiger partial charge on any atom is 0.237 e. The Morgan fingerprint density at radius 3 is 3.29 bits per heavy atom. The molecule has 0 atom stereocenters. The molecule has 1 aliphatic rings. The van der Waals surface area contributed by atoms with Gasteiger partial charge in [-0.25, -0.2) is 0 Å². The summed E-state index contributed by atoms with van der Waals surface area (Å²) in [4.78, 5) is 17.4. The van der Waals surface area contributed by atoms with E-state index in [-0.39, 0.29) is 11.8 Å². The minimum Gasteiger partial charge on any atom is -0.337 e. The lowest BCUT2D eigenvalue weighted by Crippen LogP contribution is -2.36. The third kappa shape index (κ3) is 1.73. The summed E-state index contributed by atoms with van der Waals surface area (Å²) in [6.45, 7) is 1.38. The minimum absolute atomic E-state index is 0.00108. The van der Waals surface area contributed by atoms with Crippen molar-refractivity contribution in [1.82, 2.24) is 9.88 Å². The predicted molar refractivity (Wildman–Crippen MR) is 54.1 cm³/mol. The molecule has 0 bridgehead atoms. The van der Waals surface area contributed by atoms with Gasteiger partial charge >= 0.3 is 0 Å². The second-order valence-electron chi connectivity index (χ2n) is 3.31. The predicted octanol–water partition coefficient (Wildman–Crippen LogP) is 1.21. The molecule has 0 aliphatic carbocycles. The summed E-state index contributed by atoms with van der Waals surface area (Å²) in [6.07, 6.45) is 2.62. The van der Waals surface area contributed by atoms with Crippen molar-refractivity contribution in [3.05, 3.63) is 29.6 Å². The van der Waals surface area contributed by atoms with Gasteiger partial charge in [-0.15, -0.1) is 11.6 Å². The quantitative estimate of drug-likeness (QED) is 0.653. The molecule has 1 aromatic rings. The van der Waals surface area contributed by atoms with Gasteiger partial charge in [-0.3, -0.25) is 9.78 Å². The van der Waals surface area contributed by atoms with Crippen molar-refractivity contribution in [3.8, 4) is 0 Å². The normalized spacial score (nSPS) is 15.1. The van der Waals surface area contributed by atoms with Gasteiger partial charge in [0.2, 0.25) is 5.91 Å². The Morgan fingerprint density at radius 1 is 1.64 bits per heavy atom. The number of hydrogen-bond donors (Lipinski definition) is 0. The van der Waals surface area contributed by atoms with Crippen LogP contribution in [-0.4, -0.2) is 28.2 Å². The number of amides is 1. The lowest BCUT2D eigenvalue weighted by molar-refractivity contribution is -0.129. The molecule has 2 heterocycles. The fourth-order valence-corrected chi connectivity index (χ4v) is 1.83. The SMILES string of the molecule is O=C(CCl)N1CCc2ncccc2C1. The van der Waals surface area contributed by atoms with E-state index in [0.717, 1.165) is 24.2 Å². The number of carbonyl (C=O) groups is 1. The van der Waals surface area contributed by atoms with Crippen LogP contribution in [0.2, 0.25) is 0 Å². The fraction of sp³-hybridized carbons (Fsp3) is 0.400. The number of fused-ring (bicyclic) bond motifs is 1. The number of halogens is 1. The Morgan fingerprint density at radius 2 is 2.50 bits per heavy atom. The Hall–Kier alpha value is -1.09. The Bertz CT molecular complexity index is 354. The fourth-order valence-electron chi connectivity index (χ4n) is 1.66. The average Bonchev–Trinajstić information content (AvgIpc) is 2.27. The Balaban J connectivity index is 2.17. The van der Waals surface area contributed by atoms with Crippen LogP contribution in [0.25, 0.3) is 0 Å². The smallest absolute Gasteiger partial charge is 0.237 e. The summed E-state index contributed by atoms with van der Waals surface area (Å²) in [7, 11) is 0. The number of hydrogen-bond acceptors (Lipinski definition) is 2. The van der Waals surface area contributed by atoms with Crippen molar-refractivity contribution in [2.45, 2.75) is 13.0 Å². The molecule has 0 saturated carbocycles. The molecular weight excluding hydrogens is 200 g/mol.